The Bertz CT molecular complexity index is 6650. The fourth-order valence-electron chi connectivity index (χ4n) is 13.6. The van der Waals surface area contributed by atoms with Gasteiger partial charge < -0.3 is 39.3 Å². The van der Waals surface area contributed by atoms with Gasteiger partial charge in [0.25, 0.3) is 17.6 Å². The summed E-state index contributed by atoms with van der Waals surface area (Å²) in [4.78, 5) is 61.6. The summed E-state index contributed by atoms with van der Waals surface area (Å²) in [5, 5.41) is 13.7. The molecule has 19 rings (SSSR count). The third-order valence-electron chi connectivity index (χ3n) is 19.6. The molecule has 1 aliphatic heterocycles. The minimum Gasteiger partial charge on any atom is -0.475 e. The molecule has 0 spiro atoms. The number of hydrogen-bond acceptors (Lipinski definition) is 15. The van der Waals surface area contributed by atoms with Crippen LogP contribution in [0.25, 0.3) is 94.6 Å². The molecule has 0 aliphatic carbocycles. The molecule has 0 saturated carbocycles. The summed E-state index contributed by atoms with van der Waals surface area (Å²) in [5.41, 5.74) is 20.3. The highest BCUT2D eigenvalue weighted by Crippen LogP contribution is 2.31. The van der Waals surface area contributed by atoms with Crippen LogP contribution in [0.1, 0.15) is 111 Å². The Labute approximate surface area is 700 Å². The number of rotatable bonds is 20. The number of hydrogen-bond donors (Lipinski definition) is 5. The molecule has 0 amide bonds. The number of H-pyrrole nitrogens is 4. The second-order valence-corrected chi connectivity index (χ2v) is 30.6. The maximum absolute atomic E-state index is 8.78. The molecule has 0 unspecified atom stereocenters. The van der Waals surface area contributed by atoms with Crippen LogP contribution in [0, 0.1) is 13.8 Å². The quantitative estimate of drug-likeness (QED) is 0.0475. The van der Waals surface area contributed by atoms with Gasteiger partial charge >= 0.3 is 0 Å². The number of halogens is 3. The molecule has 4 aromatic carbocycles. The van der Waals surface area contributed by atoms with E-state index in [9.17, 15) is 0 Å². The van der Waals surface area contributed by atoms with E-state index in [0.717, 1.165) is 137 Å². The predicted molar refractivity (Wildman–Crippen MR) is 475 cm³/mol. The zero-order valence-electron chi connectivity index (χ0n) is 66.1. The van der Waals surface area contributed by atoms with E-state index in [-0.39, 0.29) is 6.61 Å². The summed E-state index contributed by atoms with van der Waals surface area (Å²) >= 11 is 10.1. The number of fused-ring (bicyclic) bond motifs is 8. The van der Waals surface area contributed by atoms with E-state index in [1.165, 1.54) is 49.5 Å². The lowest BCUT2D eigenvalue weighted by molar-refractivity contribution is 0.300. The summed E-state index contributed by atoms with van der Waals surface area (Å²) in [6.07, 6.45) is 38.4. The Morgan fingerprint density at radius 3 is 1.21 bits per heavy atom. The number of ether oxygens (including phenoxy) is 3. The van der Waals surface area contributed by atoms with Gasteiger partial charge in [-0.15, -0.1) is 0 Å². The first-order valence-electron chi connectivity index (χ1n) is 38.1. The summed E-state index contributed by atoms with van der Waals surface area (Å²) in [6.45, 7) is 29.8. The average Bonchev–Trinajstić information content (AvgIpc) is 1.56. The molecule has 28 heteroatoms. The number of benzene rings is 4. The Morgan fingerprint density at radius 1 is 0.462 bits per heavy atom. The Hall–Kier alpha value is -12.6. The van der Waals surface area contributed by atoms with Gasteiger partial charge in [-0.1, -0.05) is 112 Å². The molecule has 0 radical (unpaired) electrons. The molecule has 14 aromatic heterocycles. The molecular formula is C89H88Br3N21O4. The number of aliphatic hydroxyl groups is 1. The van der Waals surface area contributed by atoms with E-state index in [1.807, 2.05) is 181 Å². The van der Waals surface area contributed by atoms with Crippen molar-refractivity contribution in [2.45, 2.75) is 93.4 Å². The molecule has 0 saturated heterocycles. The van der Waals surface area contributed by atoms with Gasteiger partial charge in [0.2, 0.25) is 16.9 Å². The van der Waals surface area contributed by atoms with Crippen molar-refractivity contribution in [3.05, 3.63) is 299 Å². The van der Waals surface area contributed by atoms with E-state index in [0.29, 0.717) is 59.3 Å². The van der Waals surface area contributed by atoms with Crippen molar-refractivity contribution in [3.8, 4) is 29.3 Å². The van der Waals surface area contributed by atoms with E-state index in [1.54, 1.807) is 31.0 Å². The molecule has 594 valence electrons. The normalized spacial score (nSPS) is 11.7. The molecule has 5 N–H and O–H groups in total. The van der Waals surface area contributed by atoms with Crippen LogP contribution < -0.4 is 14.2 Å². The highest BCUT2D eigenvalue weighted by atomic mass is 79.9. The first-order chi connectivity index (χ1) is 56.8. The number of allylic oxidation sites excluding steroid dienone is 4. The molecule has 0 bridgehead atoms. The van der Waals surface area contributed by atoms with Gasteiger partial charge in [-0.2, -0.15) is 9.97 Å². The van der Waals surface area contributed by atoms with Crippen LogP contribution in [-0.2, 0) is 25.7 Å². The molecule has 25 nitrogen and oxygen atoms in total. The van der Waals surface area contributed by atoms with Crippen LogP contribution in [0.15, 0.2) is 247 Å². The number of nitrogens with one attached hydrogen (secondary N) is 4. The van der Waals surface area contributed by atoms with Crippen LogP contribution in [0.2, 0.25) is 0 Å². The van der Waals surface area contributed by atoms with Crippen molar-refractivity contribution >= 4 is 136 Å². The van der Waals surface area contributed by atoms with Crippen LogP contribution in [0.4, 0.5) is 0 Å². The average molecular weight is 1760 g/mol. The third kappa shape index (κ3) is 18.5. The van der Waals surface area contributed by atoms with Crippen LogP contribution in [0.5, 0.6) is 17.6 Å². The van der Waals surface area contributed by atoms with E-state index in [4.69, 9.17) is 29.3 Å². The van der Waals surface area contributed by atoms with Crippen molar-refractivity contribution in [2.75, 3.05) is 26.4 Å². The zero-order valence-corrected chi connectivity index (χ0v) is 70.9. The maximum Gasteiger partial charge on any atom is 0.260 e. The van der Waals surface area contributed by atoms with Gasteiger partial charge in [0.05, 0.1) is 67.9 Å². The van der Waals surface area contributed by atoms with Crippen LogP contribution in [0.3, 0.4) is 0 Å². The summed E-state index contributed by atoms with van der Waals surface area (Å²) in [5.74, 6) is 5.08. The van der Waals surface area contributed by atoms with Gasteiger partial charge in [-0.3, -0.25) is 31.7 Å². The number of aromatic nitrogens is 20. The number of nitrogens with zero attached hydrogens (tertiary/aromatic N) is 17. The summed E-state index contributed by atoms with van der Waals surface area (Å²) in [7, 11) is 0. The number of aryl methyl sites for hydroxylation is 2. The van der Waals surface area contributed by atoms with Gasteiger partial charge in [-0.05, 0) is 165 Å². The molecule has 15 heterocycles. The third-order valence-corrected chi connectivity index (χ3v) is 20.8. The number of imidazole rings is 6. The fourth-order valence-corrected chi connectivity index (χ4v) is 15.1. The molecule has 1 aliphatic rings. The molecule has 0 fully saturated rings. The number of aromatic amines is 4. The molecule has 18 aromatic rings. The predicted octanol–water partition coefficient (Wildman–Crippen LogP) is 19.8. The van der Waals surface area contributed by atoms with Crippen molar-refractivity contribution in [1.29, 1.82) is 0 Å². The second-order valence-electron chi connectivity index (χ2n) is 28.3. The molecular weight excluding hydrogens is 1670 g/mol. The lowest BCUT2D eigenvalue weighted by Crippen LogP contribution is -2.09. The van der Waals surface area contributed by atoms with Gasteiger partial charge in [0.15, 0.2) is 21.9 Å². The van der Waals surface area contributed by atoms with E-state index < -0.39 is 0 Å². The number of aliphatic hydroxyl groups excluding tert-OH is 1. The molecule has 0 atom stereocenters. The van der Waals surface area contributed by atoms with Crippen molar-refractivity contribution in [1.82, 2.24) is 96.5 Å². The first-order valence-corrected chi connectivity index (χ1v) is 40.5. The SMILES string of the molecule is C=C(C)c1cnc2c(Br)nc(Br)cn12.C=C(C)c1cnc2c(OCCc3c[nH]c4ccccc34)nc(-n3ccnc3C)cn12.C=C(C)c1cnc2c(OCCc3c[nH]c4ccccc34)nc(Br)cn12.CC1=NC=CC1.Cc1nccn1-c1cn2c(C(C)C)cnc2c(OCCc2c[nH]c3ccccc23)n1.OCCc1c[nH]c2ccccc12. The second kappa shape index (κ2) is 36.9. The topological polar surface area (TPSA) is 280 Å². The fraction of sp³-hybridized carbons (Fsp3) is 0.202. The summed E-state index contributed by atoms with van der Waals surface area (Å²) in [6, 6.07) is 32.9. The Balaban J connectivity index is 0.000000122. The smallest absolute Gasteiger partial charge is 0.260 e. The monoisotopic (exact) mass is 1750 g/mol. The lowest BCUT2D eigenvalue weighted by Gasteiger charge is -2.12. The van der Waals surface area contributed by atoms with Crippen molar-refractivity contribution < 1.29 is 19.3 Å². The minimum atomic E-state index is 0.210. The Kier molecular flexibility index (Phi) is 25.5. The van der Waals surface area contributed by atoms with E-state index in [2.05, 4.69) is 211 Å². The summed E-state index contributed by atoms with van der Waals surface area (Å²) < 4.78 is 32.3. The van der Waals surface area contributed by atoms with Crippen molar-refractivity contribution in [3.63, 3.8) is 0 Å². The largest absolute Gasteiger partial charge is 0.475 e. The van der Waals surface area contributed by atoms with E-state index >= 15 is 0 Å². The zero-order chi connectivity index (χ0) is 81.8. The standard InChI is InChI=1S/C23H24N6O.C23H22N6O.C19H17BrN4O.C10H11NO.C9H7Br2N3.C5H7N/c2*1-15(2)20-13-26-22-23(27-21(14-29(20)22)28-10-9-24-16(28)3)30-11-8-17-12-25-19-7-5-4-6-18(17)19;1-12(2)16-10-22-18-19(23-17(20)11-24(16)18)25-8-7-13-9-21-15-6-4-3-5-14(13)15;12-6-5-8-7-11-10-4-2-1-3-9(8)10;1-5(2)6-3-12-9-8(11)13-7(10)4-14(6)9;1-5-3-2-4-6-5/h4-7,9-10,12-15,25H,8,11H2,1-3H3;4-7,9-10,12-14,25H,1,8,11H2,2-3H3;3-6,9-11,21H,1,7-8H2,2H3;1-4,7,11-12H,5-6H2;3-4H,1H2,2H3;2,4H,3H2,1H3. The van der Waals surface area contributed by atoms with Gasteiger partial charge in [0, 0.05) is 162 Å². The highest BCUT2D eigenvalue weighted by molar-refractivity contribution is 9.11. The van der Waals surface area contributed by atoms with Crippen molar-refractivity contribution in [2.24, 2.45) is 4.99 Å². The number of para-hydroxylation sites is 4. The van der Waals surface area contributed by atoms with Crippen LogP contribution >= 0.6 is 47.8 Å². The van der Waals surface area contributed by atoms with Crippen LogP contribution in [-0.4, -0.2) is 134 Å². The van der Waals surface area contributed by atoms with Gasteiger partial charge in [0.1, 0.15) is 20.9 Å². The Morgan fingerprint density at radius 2 is 0.829 bits per heavy atom. The highest BCUT2D eigenvalue weighted by Gasteiger charge is 2.20. The maximum atomic E-state index is 8.78. The first kappa shape index (κ1) is 81.0. The number of aliphatic imine (C=N–C) groups is 1. The molecule has 117 heavy (non-hydrogen) atoms. The van der Waals surface area contributed by atoms with Gasteiger partial charge in [-0.25, -0.2) is 39.9 Å². The minimum absolute atomic E-state index is 0.210. The lowest BCUT2D eigenvalue weighted by atomic mass is 10.1.